The van der Waals surface area contributed by atoms with Crippen molar-refractivity contribution >= 4 is 29.3 Å². The van der Waals surface area contributed by atoms with E-state index in [1.54, 1.807) is 11.8 Å². The number of aliphatic carboxylic acids is 1. The topological polar surface area (TPSA) is 78.4 Å². The zero-order valence-corrected chi connectivity index (χ0v) is 13.1. The maximum absolute atomic E-state index is 11.4. The Morgan fingerprint density at radius 3 is 2.82 bits per heavy atom. The van der Waals surface area contributed by atoms with E-state index < -0.39 is 5.97 Å². The first-order valence-electron chi connectivity index (χ1n) is 7.63. The van der Waals surface area contributed by atoms with E-state index in [9.17, 15) is 9.59 Å². The van der Waals surface area contributed by atoms with Gasteiger partial charge in [-0.2, -0.15) is 0 Å². The molecule has 0 atom stereocenters. The number of carbonyl (C=O) groups excluding carboxylic acids is 1. The van der Waals surface area contributed by atoms with Crippen LogP contribution in [0.15, 0.2) is 23.1 Å². The van der Waals surface area contributed by atoms with E-state index in [4.69, 9.17) is 5.11 Å². The Morgan fingerprint density at radius 1 is 1.32 bits per heavy atom. The van der Waals surface area contributed by atoms with Crippen LogP contribution in [-0.2, 0) is 16.1 Å². The highest BCUT2D eigenvalue weighted by atomic mass is 32.2. The highest BCUT2D eigenvalue weighted by Gasteiger charge is 2.25. The molecule has 0 aromatic heterocycles. The van der Waals surface area contributed by atoms with E-state index in [2.05, 4.69) is 22.8 Å². The van der Waals surface area contributed by atoms with E-state index in [0.29, 0.717) is 11.8 Å². The van der Waals surface area contributed by atoms with Gasteiger partial charge in [0.25, 0.3) is 0 Å². The van der Waals surface area contributed by atoms with Gasteiger partial charge < -0.3 is 15.7 Å². The van der Waals surface area contributed by atoms with Gasteiger partial charge in [0.05, 0.1) is 17.4 Å². The Kier molecular flexibility index (Phi) is 4.69. The minimum Gasteiger partial charge on any atom is -0.481 e. The molecule has 1 aromatic rings. The Labute approximate surface area is 133 Å². The Balaban J connectivity index is 1.53. The quantitative estimate of drug-likeness (QED) is 0.794. The molecule has 1 saturated carbocycles. The second kappa shape index (κ2) is 6.71. The molecule has 1 heterocycles. The third-order valence-corrected chi connectivity index (χ3v) is 5.42. The smallest absolute Gasteiger partial charge is 0.306 e. The summed E-state index contributed by atoms with van der Waals surface area (Å²) >= 11 is 1.57. The summed E-state index contributed by atoms with van der Waals surface area (Å²) in [4.78, 5) is 23.5. The molecule has 3 N–H and O–H groups in total. The van der Waals surface area contributed by atoms with E-state index in [-0.39, 0.29) is 11.8 Å². The van der Waals surface area contributed by atoms with Gasteiger partial charge in [-0.1, -0.05) is 6.07 Å². The Bertz CT molecular complexity index is 583. The standard InChI is InChI=1S/C16H20N2O3S/c19-15-9-22-14-6-1-10(7-13(14)18-15)8-17-12-4-2-11(3-5-12)16(20)21/h1,6-7,11-12,17H,2-5,8-9H2,(H,18,19)(H,20,21). The molecular formula is C16H20N2O3S. The number of fused-ring (bicyclic) bond motifs is 1. The van der Waals surface area contributed by atoms with Crippen molar-refractivity contribution in [2.45, 2.75) is 43.2 Å². The molecule has 1 fully saturated rings. The predicted octanol–water partition coefficient (Wildman–Crippen LogP) is 2.46. The van der Waals surface area contributed by atoms with E-state index in [1.807, 2.05) is 6.07 Å². The molecule has 3 rings (SSSR count). The first-order chi connectivity index (χ1) is 10.6. The maximum atomic E-state index is 11.4. The van der Waals surface area contributed by atoms with Crippen LogP contribution in [-0.4, -0.2) is 28.8 Å². The second-order valence-electron chi connectivity index (χ2n) is 5.94. The highest BCUT2D eigenvalue weighted by molar-refractivity contribution is 8.00. The van der Waals surface area contributed by atoms with Gasteiger partial charge in [-0.15, -0.1) is 11.8 Å². The number of hydrogen-bond acceptors (Lipinski definition) is 4. The number of anilines is 1. The van der Waals surface area contributed by atoms with E-state index in [1.165, 1.54) is 0 Å². The van der Waals surface area contributed by atoms with Gasteiger partial charge in [0.2, 0.25) is 5.91 Å². The monoisotopic (exact) mass is 320 g/mol. The maximum Gasteiger partial charge on any atom is 0.306 e. The number of thioether (sulfide) groups is 1. The zero-order valence-electron chi connectivity index (χ0n) is 12.3. The molecule has 118 valence electrons. The van der Waals surface area contributed by atoms with Crippen molar-refractivity contribution in [2.75, 3.05) is 11.1 Å². The number of benzene rings is 1. The zero-order chi connectivity index (χ0) is 15.5. The van der Waals surface area contributed by atoms with Crippen LogP contribution in [0.1, 0.15) is 31.2 Å². The molecular weight excluding hydrogens is 300 g/mol. The van der Waals surface area contributed by atoms with Crippen LogP contribution in [0.2, 0.25) is 0 Å². The molecule has 2 aliphatic rings. The molecule has 1 aromatic carbocycles. The van der Waals surface area contributed by atoms with Crippen LogP contribution >= 0.6 is 11.8 Å². The summed E-state index contributed by atoms with van der Waals surface area (Å²) in [6.07, 6.45) is 3.33. The van der Waals surface area contributed by atoms with Crippen molar-refractivity contribution in [3.05, 3.63) is 23.8 Å². The number of carboxylic acids is 1. The van der Waals surface area contributed by atoms with Crippen LogP contribution in [0.25, 0.3) is 0 Å². The molecule has 1 aliphatic carbocycles. The summed E-state index contributed by atoms with van der Waals surface area (Å²) in [5.41, 5.74) is 2.04. The minimum absolute atomic E-state index is 0.0506. The lowest BCUT2D eigenvalue weighted by molar-refractivity contribution is -0.142. The first kappa shape index (κ1) is 15.4. The summed E-state index contributed by atoms with van der Waals surface area (Å²) < 4.78 is 0. The lowest BCUT2D eigenvalue weighted by Crippen LogP contribution is -2.34. The lowest BCUT2D eigenvalue weighted by Gasteiger charge is -2.27. The van der Waals surface area contributed by atoms with Crippen LogP contribution in [0.3, 0.4) is 0 Å². The molecule has 0 radical (unpaired) electrons. The van der Waals surface area contributed by atoms with Gasteiger partial charge in [0.1, 0.15) is 0 Å². The van der Waals surface area contributed by atoms with Crippen molar-refractivity contribution in [3.63, 3.8) is 0 Å². The van der Waals surface area contributed by atoms with Crippen molar-refractivity contribution in [1.82, 2.24) is 5.32 Å². The molecule has 0 unspecified atom stereocenters. The van der Waals surface area contributed by atoms with Crippen molar-refractivity contribution in [1.29, 1.82) is 0 Å². The van der Waals surface area contributed by atoms with Crippen LogP contribution in [0, 0.1) is 5.92 Å². The Hall–Kier alpha value is -1.53. The lowest BCUT2D eigenvalue weighted by atomic mass is 9.86. The average Bonchev–Trinajstić information content (AvgIpc) is 2.53. The fraction of sp³-hybridized carbons (Fsp3) is 0.500. The van der Waals surface area contributed by atoms with E-state index in [0.717, 1.165) is 48.4 Å². The summed E-state index contributed by atoms with van der Waals surface area (Å²) in [6, 6.07) is 6.54. The molecule has 0 bridgehead atoms. The third-order valence-electron chi connectivity index (χ3n) is 4.35. The summed E-state index contributed by atoms with van der Waals surface area (Å²) in [5, 5.41) is 15.4. The fourth-order valence-corrected chi connectivity index (χ4v) is 3.84. The molecule has 0 saturated heterocycles. The van der Waals surface area contributed by atoms with Crippen LogP contribution in [0.5, 0.6) is 0 Å². The summed E-state index contributed by atoms with van der Waals surface area (Å²) in [7, 11) is 0. The molecule has 22 heavy (non-hydrogen) atoms. The first-order valence-corrected chi connectivity index (χ1v) is 8.62. The fourth-order valence-electron chi connectivity index (χ4n) is 3.05. The summed E-state index contributed by atoms with van der Waals surface area (Å²) in [5.74, 6) is -0.303. The largest absolute Gasteiger partial charge is 0.481 e. The van der Waals surface area contributed by atoms with Gasteiger partial charge in [-0.25, -0.2) is 0 Å². The van der Waals surface area contributed by atoms with Crippen molar-refractivity contribution < 1.29 is 14.7 Å². The molecule has 6 heteroatoms. The van der Waals surface area contributed by atoms with Gasteiger partial charge in [-0.05, 0) is 43.4 Å². The molecule has 1 aliphatic heterocycles. The highest BCUT2D eigenvalue weighted by Crippen LogP contribution is 2.32. The number of carbonyl (C=O) groups is 2. The predicted molar refractivity (Wildman–Crippen MR) is 86.0 cm³/mol. The number of carboxylic acid groups (broad SMARTS) is 1. The van der Waals surface area contributed by atoms with Gasteiger partial charge >= 0.3 is 5.97 Å². The minimum atomic E-state index is -0.665. The Morgan fingerprint density at radius 2 is 2.09 bits per heavy atom. The van der Waals surface area contributed by atoms with Crippen molar-refractivity contribution in [3.8, 4) is 0 Å². The average molecular weight is 320 g/mol. The van der Waals surface area contributed by atoms with Gasteiger partial charge in [-0.3, -0.25) is 9.59 Å². The second-order valence-corrected chi connectivity index (χ2v) is 6.95. The third kappa shape index (κ3) is 3.62. The number of hydrogen-bond donors (Lipinski definition) is 3. The van der Waals surface area contributed by atoms with Crippen molar-refractivity contribution in [2.24, 2.45) is 5.92 Å². The van der Waals surface area contributed by atoms with E-state index >= 15 is 0 Å². The molecule has 1 amide bonds. The molecule has 0 spiro atoms. The summed E-state index contributed by atoms with van der Waals surface area (Å²) in [6.45, 7) is 0.746. The van der Waals surface area contributed by atoms with Gasteiger partial charge in [0.15, 0.2) is 0 Å². The number of rotatable bonds is 4. The van der Waals surface area contributed by atoms with Crippen LogP contribution in [0.4, 0.5) is 5.69 Å². The van der Waals surface area contributed by atoms with Gasteiger partial charge in [0, 0.05) is 17.5 Å². The number of amides is 1. The molecule has 5 nitrogen and oxygen atoms in total. The van der Waals surface area contributed by atoms with Crippen LogP contribution < -0.4 is 10.6 Å². The SMILES string of the molecule is O=C1CSc2ccc(CNC3CCC(C(=O)O)CC3)cc2N1. The normalized spacial score (nSPS) is 24.5. The number of nitrogens with one attached hydrogen (secondary N) is 2.